The van der Waals surface area contributed by atoms with Gasteiger partial charge in [0.2, 0.25) is 0 Å². The van der Waals surface area contributed by atoms with E-state index >= 15 is 0 Å². The fraction of sp³-hybridized carbons (Fsp3) is 0.355. The molecule has 0 radical (unpaired) electrons. The molecule has 4 rings (SSSR count). The van der Waals surface area contributed by atoms with Crippen LogP contribution in [-0.2, 0) is 4.74 Å². The van der Waals surface area contributed by atoms with Crippen molar-refractivity contribution >= 4 is 36.2 Å². The molecule has 36 heavy (non-hydrogen) atoms. The van der Waals surface area contributed by atoms with Gasteiger partial charge >= 0.3 is 5.97 Å². The molecule has 5 heteroatoms. The summed E-state index contributed by atoms with van der Waals surface area (Å²) in [5, 5.41) is 2.89. The van der Waals surface area contributed by atoms with Gasteiger partial charge in [-0.3, -0.25) is 0 Å². The minimum atomic E-state index is -1.98. The molecule has 1 aliphatic carbocycles. The van der Waals surface area contributed by atoms with Crippen LogP contribution in [0.1, 0.15) is 47.8 Å². The summed E-state index contributed by atoms with van der Waals surface area (Å²) in [6.07, 6.45) is 6.89. The monoisotopic (exact) mass is 499 g/mol. The molecule has 4 nitrogen and oxygen atoms in total. The van der Waals surface area contributed by atoms with Crippen LogP contribution < -0.4 is 10.1 Å². The van der Waals surface area contributed by atoms with Gasteiger partial charge in [0, 0.05) is 31.9 Å². The lowest BCUT2D eigenvalue weighted by Crippen LogP contribution is -2.49. The van der Waals surface area contributed by atoms with E-state index in [9.17, 15) is 4.79 Å². The number of anilines is 1. The number of allylic oxidation sites excluding steroid dienone is 5. The fourth-order valence-electron chi connectivity index (χ4n) is 5.08. The Kier molecular flexibility index (Phi) is 6.50. The number of ether oxygens (including phenoxy) is 1. The molecule has 1 heterocycles. The predicted octanol–water partition coefficient (Wildman–Crippen LogP) is 5.50. The van der Waals surface area contributed by atoms with Crippen LogP contribution in [0, 0.1) is 6.92 Å². The van der Waals surface area contributed by atoms with Crippen molar-refractivity contribution in [3.8, 4) is 0 Å². The SMILES string of the molecule is Cc1cc(C(=O)OC(C)(C)C)ccc1C1=C2C=CC(=[N+](C)C)C=C2[Si](C)(C)c2cc(N(C)C)ccc21. The number of aryl methyl sites for hydroxylation is 1. The second-order valence-electron chi connectivity index (χ2n) is 11.8. The first-order valence-electron chi connectivity index (χ1n) is 12.6. The molecule has 0 spiro atoms. The van der Waals surface area contributed by atoms with Crippen molar-refractivity contribution in [3.05, 3.63) is 87.6 Å². The molecule has 0 N–H and O–H groups in total. The van der Waals surface area contributed by atoms with Gasteiger partial charge in [-0.2, -0.15) is 0 Å². The first kappa shape index (κ1) is 25.9. The second-order valence-corrected chi connectivity index (χ2v) is 16.1. The van der Waals surface area contributed by atoms with Gasteiger partial charge in [-0.25, -0.2) is 9.37 Å². The fourth-order valence-corrected chi connectivity index (χ4v) is 8.15. The van der Waals surface area contributed by atoms with E-state index in [4.69, 9.17) is 4.74 Å². The lowest BCUT2D eigenvalue weighted by Gasteiger charge is -2.38. The minimum absolute atomic E-state index is 0.286. The van der Waals surface area contributed by atoms with Gasteiger partial charge in [0.25, 0.3) is 0 Å². The number of nitrogens with zero attached hydrogens (tertiary/aromatic N) is 2. The largest absolute Gasteiger partial charge is 0.456 e. The summed E-state index contributed by atoms with van der Waals surface area (Å²) in [6.45, 7) is 12.7. The highest BCUT2D eigenvalue weighted by Crippen LogP contribution is 2.42. The van der Waals surface area contributed by atoms with Crippen LogP contribution in [0.2, 0.25) is 13.1 Å². The van der Waals surface area contributed by atoms with E-state index in [0.717, 1.165) is 11.1 Å². The predicted molar refractivity (Wildman–Crippen MR) is 155 cm³/mol. The highest BCUT2D eigenvalue weighted by Gasteiger charge is 2.40. The zero-order valence-electron chi connectivity index (χ0n) is 23.4. The minimum Gasteiger partial charge on any atom is -0.456 e. The van der Waals surface area contributed by atoms with E-state index in [-0.39, 0.29) is 5.97 Å². The van der Waals surface area contributed by atoms with Crippen LogP contribution in [0.25, 0.3) is 5.57 Å². The van der Waals surface area contributed by atoms with Crippen LogP contribution >= 0.6 is 0 Å². The van der Waals surface area contributed by atoms with Gasteiger partial charge in [0.1, 0.15) is 27.8 Å². The third-order valence-electron chi connectivity index (χ3n) is 7.05. The Morgan fingerprint density at radius 2 is 1.64 bits per heavy atom. The second kappa shape index (κ2) is 9.04. The molecule has 0 atom stereocenters. The van der Waals surface area contributed by atoms with Gasteiger partial charge < -0.3 is 9.64 Å². The Bertz CT molecular complexity index is 1380. The summed E-state index contributed by atoms with van der Waals surface area (Å²) < 4.78 is 7.80. The van der Waals surface area contributed by atoms with E-state index in [1.54, 1.807) is 0 Å². The Hall–Kier alpha value is -3.18. The van der Waals surface area contributed by atoms with Gasteiger partial charge in [-0.05, 0) is 96.3 Å². The summed E-state index contributed by atoms with van der Waals surface area (Å²) in [5.74, 6) is -0.286. The molecular formula is C31H39N2O2Si+. The van der Waals surface area contributed by atoms with Crippen LogP contribution in [0.5, 0.6) is 0 Å². The molecule has 0 bridgehead atoms. The third kappa shape index (κ3) is 4.64. The van der Waals surface area contributed by atoms with Crippen LogP contribution in [-0.4, -0.2) is 58.1 Å². The van der Waals surface area contributed by atoms with E-state index in [1.807, 2.05) is 32.9 Å². The first-order valence-corrected chi connectivity index (χ1v) is 15.6. The summed E-state index contributed by atoms with van der Waals surface area (Å²) >= 11 is 0. The lowest BCUT2D eigenvalue weighted by molar-refractivity contribution is -0.462. The molecule has 0 unspecified atom stereocenters. The zero-order chi connectivity index (χ0) is 26.6. The molecule has 0 aromatic heterocycles. The topological polar surface area (TPSA) is 32.6 Å². The maximum Gasteiger partial charge on any atom is 0.338 e. The molecule has 0 saturated carbocycles. The third-order valence-corrected chi connectivity index (χ3v) is 10.6. The number of fused-ring (bicyclic) bond motifs is 2. The van der Waals surface area contributed by atoms with Gasteiger partial charge in [0.05, 0.1) is 5.56 Å². The average molecular weight is 500 g/mol. The summed E-state index contributed by atoms with van der Waals surface area (Å²) in [7, 11) is 6.41. The summed E-state index contributed by atoms with van der Waals surface area (Å²) in [4.78, 5) is 14.9. The quantitative estimate of drug-likeness (QED) is 0.318. The molecule has 1 aliphatic heterocycles. The molecule has 2 aromatic carbocycles. The average Bonchev–Trinajstić information content (AvgIpc) is 2.78. The normalized spacial score (nSPS) is 16.3. The molecule has 188 valence electrons. The lowest BCUT2D eigenvalue weighted by atomic mass is 9.87. The molecule has 0 saturated heterocycles. The Morgan fingerprint density at radius 1 is 0.972 bits per heavy atom. The smallest absolute Gasteiger partial charge is 0.338 e. The first-order chi connectivity index (χ1) is 16.7. The molecule has 2 aliphatic rings. The van der Waals surface area contributed by atoms with E-state index in [0.29, 0.717) is 5.56 Å². The number of carbonyl (C=O) groups is 1. The number of hydrogen-bond donors (Lipinski definition) is 0. The number of carbonyl (C=O) groups excluding carboxylic acids is 1. The maximum absolute atomic E-state index is 12.8. The maximum atomic E-state index is 12.8. The standard InChI is InChI=1S/C31H39N2O2Si/c1-20-17-21(30(34)35-31(2,3)4)11-14-24(20)29-25-15-12-22(32(5)6)18-27(25)36(9,10)28-19-23(33(7)8)13-16-26(28)29/h11-19H,1-10H3/q+1. The number of hydrogen-bond acceptors (Lipinski definition) is 3. The summed E-state index contributed by atoms with van der Waals surface area (Å²) in [6, 6.07) is 12.9. The van der Waals surface area contributed by atoms with Gasteiger partial charge in [-0.15, -0.1) is 0 Å². The Balaban J connectivity index is 1.97. The van der Waals surface area contributed by atoms with E-state index < -0.39 is 13.7 Å². The molecule has 0 amide bonds. The van der Waals surface area contributed by atoms with Crippen molar-refractivity contribution in [1.29, 1.82) is 0 Å². The van der Waals surface area contributed by atoms with Crippen molar-refractivity contribution in [2.24, 2.45) is 0 Å². The molecular weight excluding hydrogens is 460 g/mol. The van der Waals surface area contributed by atoms with E-state index in [2.05, 4.69) is 100 Å². The zero-order valence-corrected chi connectivity index (χ0v) is 24.4. The molecule has 2 aromatic rings. The highest BCUT2D eigenvalue weighted by molar-refractivity contribution is 6.98. The van der Waals surface area contributed by atoms with Crippen molar-refractivity contribution in [1.82, 2.24) is 0 Å². The number of rotatable bonds is 3. The number of benzene rings is 2. The number of esters is 1. The van der Waals surface area contributed by atoms with Crippen molar-refractivity contribution < 1.29 is 14.1 Å². The Labute approximate surface area is 217 Å². The van der Waals surface area contributed by atoms with Crippen molar-refractivity contribution in [3.63, 3.8) is 0 Å². The summed E-state index contributed by atoms with van der Waals surface area (Å²) in [5.41, 5.74) is 8.58. The van der Waals surface area contributed by atoms with Gasteiger partial charge in [0.15, 0.2) is 5.71 Å². The van der Waals surface area contributed by atoms with Crippen LogP contribution in [0.4, 0.5) is 5.69 Å². The Morgan fingerprint density at radius 3 is 2.22 bits per heavy atom. The molecule has 0 fully saturated rings. The van der Waals surface area contributed by atoms with Crippen LogP contribution in [0.15, 0.2) is 65.4 Å². The van der Waals surface area contributed by atoms with E-state index in [1.165, 1.54) is 38.5 Å². The van der Waals surface area contributed by atoms with Crippen LogP contribution in [0.3, 0.4) is 0 Å². The van der Waals surface area contributed by atoms with Gasteiger partial charge in [-0.1, -0.05) is 25.2 Å². The highest BCUT2D eigenvalue weighted by atomic mass is 28.3. The van der Waals surface area contributed by atoms with Crippen molar-refractivity contribution in [2.75, 3.05) is 33.1 Å². The van der Waals surface area contributed by atoms with Crippen molar-refractivity contribution in [2.45, 2.75) is 46.4 Å².